The quantitative estimate of drug-likeness (QED) is 0.869. The Hall–Kier alpha value is -2.03. The summed E-state index contributed by atoms with van der Waals surface area (Å²) in [5.74, 6) is -0.111. The Kier molecular flexibility index (Phi) is 4.29. The fraction of sp³-hybridized carbons (Fsp3) is 0.333. The van der Waals surface area contributed by atoms with Gasteiger partial charge in [-0.15, -0.1) is 0 Å². The molecule has 0 unspecified atom stereocenters. The van der Waals surface area contributed by atoms with Gasteiger partial charge in [-0.05, 0) is 18.6 Å². The van der Waals surface area contributed by atoms with Crippen LogP contribution in [0, 0.1) is 0 Å². The number of amides is 1. The summed E-state index contributed by atoms with van der Waals surface area (Å²) in [7, 11) is -3.71. The molecule has 8 heteroatoms. The number of aromatic nitrogens is 1. The number of fused-ring (bicyclic) bond motifs is 1. The highest BCUT2D eigenvalue weighted by molar-refractivity contribution is 7.86. The van der Waals surface area contributed by atoms with Gasteiger partial charge in [-0.2, -0.15) is 12.7 Å². The third-order valence-electron chi connectivity index (χ3n) is 3.98. The lowest BCUT2D eigenvalue weighted by Crippen LogP contribution is -2.40. The molecule has 1 aliphatic heterocycles. The van der Waals surface area contributed by atoms with Gasteiger partial charge < -0.3 is 4.90 Å². The fourth-order valence-corrected chi connectivity index (χ4v) is 3.52. The fourth-order valence-electron chi connectivity index (χ4n) is 2.80. The number of carbonyl (C=O) groups excluding carboxylic acids is 1. The van der Waals surface area contributed by atoms with E-state index in [4.69, 9.17) is 5.14 Å². The molecular weight excluding hydrogens is 316 g/mol. The summed E-state index contributed by atoms with van der Waals surface area (Å²) in [6.07, 6.45) is 2.18. The second-order valence-electron chi connectivity index (χ2n) is 5.47. The summed E-state index contributed by atoms with van der Waals surface area (Å²) in [5, 5.41) is 5.97. The molecule has 0 radical (unpaired) electrons. The van der Waals surface area contributed by atoms with Crippen LogP contribution < -0.4 is 5.14 Å². The molecule has 7 nitrogen and oxygen atoms in total. The van der Waals surface area contributed by atoms with Gasteiger partial charge in [0.2, 0.25) is 0 Å². The molecular formula is C15H18N4O3S. The highest BCUT2D eigenvalue weighted by Gasteiger charge is 2.25. The van der Waals surface area contributed by atoms with Crippen LogP contribution in [0.1, 0.15) is 16.8 Å². The molecule has 0 aliphatic carbocycles. The van der Waals surface area contributed by atoms with Crippen molar-refractivity contribution in [2.45, 2.75) is 6.42 Å². The standard InChI is InChI=1S/C15H18N4O3S/c16-23(21,22)19-9-3-8-18(10-11-19)15(20)13-6-7-17-14-5-2-1-4-12(13)14/h1-2,4-7H,3,8-11H2,(H2,16,21,22). The molecule has 0 bridgehead atoms. The Morgan fingerprint density at radius 2 is 1.87 bits per heavy atom. The van der Waals surface area contributed by atoms with Gasteiger partial charge in [0, 0.05) is 37.8 Å². The number of carbonyl (C=O) groups is 1. The zero-order valence-corrected chi connectivity index (χ0v) is 13.4. The summed E-state index contributed by atoms with van der Waals surface area (Å²) < 4.78 is 24.1. The number of rotatable bonds is 2. The van der Waals surface area contributed by atoms with E-state index in [2.05, 4.69) is 4.98 Å². The predicted molar refractivity (Wildman–Crippen MR) is 86.9 cm³/mol. The molecule has 1 aliphatic rings. The highest BCUT2D eigenvalue weighted by atomic mass is 32.2. The van der Waals surface area contributed by atoms with E-state index in [1.54, 1.807) is 17.2 Å². The third-order valence-corrected chi connectivity index (χ3v) is 5.07. The molecule has 0 atom stereocenters. The van der Waals surface area contributed by atoms with Crippen LogP contribution in [0.2, 0.25) is 0 Å². The van der Waals surface area contributed by atoms with Gasteiger partial charge in [0.1, 0.15) is 0 Å². The maximum absolute atomic E-state index is 12.8. The van der Waals surface area contributed by atoms with Crippen molar-refractivity contribution in [3.63, 3.8) is 0 Å². The maximum Gasteiger partial charge on any atom is 0.276 e. The minimum absolute atomic E-state index is 0.111. The number of benzene rings is 1. The highest BCUT2D eigenvalue weighted by Crippen LogP contribution is 2.19. The van der Waals surface area contributed by atoms with Crippen LogP contribution in [0.5, 0.6) is 0 Å². The van der Waals surface area contributed by atoms with Gasteiger partial charge >= 0.3 is 0 Å². The largest absolute Gasteiger partial charge is 0.337 e. The smallest absolute Gasteiger partial charge is 0.276 e. The van der Waals surface area contributed by atoms with E-state index in [-0.39, 0.29) is 12.5 Å². The molecule has 1 saturated heterocycles. The van der Waals surface area contributed by atoms with E-state index >= 15 is 0 Å². The van der Waals surface area contributed by atoms with Gasteiger partial charge in [0.15, 0.2) is 0 Å². The summed E-state index contributed by atoms with van der Waals surface area (Å²) in [6, 6.07) is 9.17. The van der Waals surface area contributed by atoms with Gasteiger partial charge in [0.25, 0.3) is 16.1 Å². The number of hydrogen-bond acceptors (Lipinski definition) is 4. The minimum Gasteiger partial charge on any atom is -0.337 e. The van der Waals surface area contributed by atoms with Crippen molar-refractivity contribution in [3.05, 3.63) is 42.1 Å². The molecule has 0 spiro atoms. The normalized spacial score (nSPS) is 17.2. The van der Waals surface area contributed by atoms with Gasteiger partial charge in [-0.25, -0.2) is 5.14 Å². The zero-order valence-electron chi connectivity index (χ0n) is 12.6. The Labute approximate surface area is 134 Å². The van der Waals surface area contributed by atoms with Crippen molar-refractivity contribution in [1.29, 1.82) is 0 Å². The van der Waals surface area contributed by atoms with E-state index in [9.17, 15) is 13.2 Å². The Morgan fingerprint density at radius 3 is 2.65 bits per heavy atom. The molecule has 1 aromatic carbocycles. The van der Waals surface area contributed by atoms with Crippen molar-refractivity contribution in [2.75, 3.05) is 26.2 Å². The van der Waals surface area contributed by atoms with Gasteiger partial charge in [-0.3, -0.25) is 9.78 Å². The van der Waals surface area contributed by atoms with Crippen molar-refractivity contribution in [3.8, 4) is 0 Å². The molecule has 1 amide bonds. The second-order valence-corrected chi connectivity index (χ2v) is 7.01. The first kappa shape index (κ1) is 15.9. The van der Waals surface area contributed by atoms with Crippen LogP contribution in [0.3, 0.4) is 0 Å². The molecule has 3 rings (SSSR count). The maximum atomic E-state index is 12.8. The summed E-state index contributed by atoms with van der Waals surface area (Å²) in [6.45, 7) is 1.38. The average Bonchev–Trinajstić information content (AvgIpc) is 2.79. The van der Waals surface area contributed by atoms with E-state index in [1.165, 1.54) is 4.31 Å². The number of nitrogens with zero attached hydrogens (tertiary/aromatic N) is 3. The molecule has 1 aromatic heterocycles. The van der Waals surface area contributed by atoms with Crippen LogP contribution in [-0.2, 0) is 10.2 Å². The lowest BCUT2D eigenvalue weighted by Gasteiger charge is -2.21. The molecule has 0 saturated carbocycles. The third kappa shape index (κ3) is 3.34. The van der Waals surface area contributed by atoms with E-state index in [0.717, 1.165) is 10.9 Å². The van der Waals surface area contributed by atoms with Crippen molar-refractivity contribution in [2.24, 2.45) is 5.14 Å². The summed E-state index contributed by atoms with van der Waals surface area (Å²) in [5.41, 5.74) is 1.35. The first-order valence-electron chi connectivity index (χ1n) is 7.38. The number of para-hydroxylation sites is 1. The van der Waals surface area contributed by atoms with Crippen LogP contribution in [-0.4, -0.2) is 54.7 Å². The molecule has 1 fully saturated rings. The molecule has 23 heavy (non-hydrogen) atoms. The van der Waals surface area contributed by atoms with Crippen molar-refractivity contribution >= 4 is 27.0 Å². The Morgan fingerprint density at radius 1 is 1.09 bits per heavy atom. The number of pyridine rings is 1. The van der Waals surface area contributed by atoms with Crippen molar-refractivity contribution < 1.29 is 13.2 Å². The topological polar surface area (TPSA) is 96.6 Å². The summed E-state index contributed by atoms with van der Waals surface area (Å²) in [4.78, 5) is 18.8. The first-order chi connectivity index (χ1) is 11.0. The van der Waals surface area contributed by atoms with Crippen LogP contribution in [0.4, 0.5) is 0 Å². The minimum atomic E-state index is -3.71. The molecule has 2 N–H and O–H groups in total. The predicted octanol–water partition coefficient (Wildman–Crippen LogP) is 0.586. The van der Waals surface area contributed by atoms with Crippen LogP contribution in [0.25, 0.3) is 10.9 Å². The monoisotopic (exact) mass is 334 g/mol. The Bertz CT molecular complexity index is 832. The molecule has 2 heterocycles. The van der Waals surface area contributed by atoms with Gasteiger partial charge in [0.05, 0.1) is 11.1 Å². The van der Waals surface area contributed by atoms with E-state index < -0.39 is 10.2 Å². The second kappa shape index (κ2) is 6.23. The van der Waals surface area contributed by atoms with Gasteiger partial charge in [-0.1, -0.05) is 18.2 Å². The van der Waals surface area contributed by atoms with Crippen molar-refractivity contribution in [1.82, 2.24) is 14.2 Å². The average molecular weight is 334 g/mol. The lowest BCUT2D eigenvalue weighted by molar-refractivity contribution is 0.0766. The zero-order chi connectivity index (χ0) is 16.4. The molecule has 122 valence electrons. The van der Waals surface area contributed by atoms with Crippen LogP contribution in [0.15, 0.2) is 36.5 Å². The number of hydrogen-bond donors (Lipinski definition) is 1. The summed E-state index contributed by atoms with van der Waals surface area (Å²) >= 11 is 0. The lowest BCUT2D eigenvalue weighted by atomic mass is 10.1. The van der Waals surface area contributed by atoms with E-state index in [1.807, 2.05) is 24.3 Å². The SMILES string of the molecule is NS(=O)(=O)N1CCCN(C(=O)c2ccnc3ccccc23)CC1. The number of nitrogens with two attached hydrogens (primary N) is 1. The van der Waals surface area contributed by atoms with E-state index in [0.29, 0.717) is 31.6 Å². The first-order valence-corrected chi connectivity index (χ1v) is 8.88. The molecule has 2 aromatic rings. The Balaban J connectivity index is 1.85. The van der Waals surface area contributed by atoms with Crippen LogP contribution >= 0.6 is 0 Å².